The highest BCUT2D eigenvalue weighted by Gasteiger charge is 2.10. The average molecular weight is 423 g/mol. The van der Waals surface area contributed by atoms with Crippen molar-refractivity contribution < 1.29 is 28.1 Å². The van der Waals surface area contributed by atoms with Gasteiger partial charge in [0.15, 0.2) is 17.5 Å². The summed E-state index contributed by atoms with van der Waals surface area (Å²) in [5.74, 6) is 1.75. The maximum Gasteiger partial charge on any atom is 0.387 e. The number of methoxy groups -OCH3 is 1. The number of para-hydroxylation sites is 1. The van der Waals surface area contributed by atoms with Gasteiger partial charge >= 0.3 is 6.61 Å². The highest BCUT2D eigenvalue weighted by Crippen LogP contribution is 2.28. The van der Waals surface area contributed by atoms with Crippen LogP contribution in [0.15, 0.2) is 47.5 Å². The van der Waals surface area contributed by atoms with E-state index in [9.17, 15) is 8.78 Å². The number of guanidine groups is 1. The molecule has 0 aromatic heterocycles. The number of nitrogens with one attached hydrogen (secondary N) is 2. The summed E-state index contributed by atoms with van der Waals surface area (Å²) in [6.07, 6.45) is 0. The summed E-state index contributed by atoms with van der Waals surface area (Å²) in [6, 6.07) is 12.0. The predicted octanol–water partition coefficient (Wildman–Crippen LogP) is 2.92. The van der Waals surface area contributed by atoms with Crippen molar-refractivity contribution >= 4 is 5.96 Å². The number of aliphatic hydroxyl groups excluding tert-OH is 1. The highest BCUT2D eigenvalue weighted by molar-refractivity contribution is 5.79. The molecule has 0 bridgehead atoms. The molecule has 2 aromatic carbocycles. The van der Waals surface area contributed by atoms with Gasteiger partial charge in [0.25, 0.3) is 0 Å². The van der Waals surface area contributed by atoms with Crippen LogP contribution in [0.3, 0.4) is 0 Å². The van der Waals surface area contributed by atoms with E-state index in [1.54, 1.807) is 31.4 Å². The molecule has 0 aliphatic carbocycles. The van der Waals surface area contributed by atoms with E-state index < -0.39 is 6.61 Å². The van der Waals surface area contributed by atoms with Gasteiger partial charge in [0, 0.05) is 18.7 Å². The van der Waals surface area contributed by atoms with Crippen LogP contribution in [-0.2, 0) is 13.1 Å². The maximum absolute atomic E-state index is 12.6. The van der Waals surface area contributed by atoms with Crippen molar-refractivity contribution in [1.29, 1.82) is 0 Å². The van der Waals surface area contributed by atoms with Crippen LogP contribution >= 0.6 is 0 Å². The van der Waals surface area contributed by atoms with E-state index in [-0.39, 0.29) is 25.5 Å². The fraction of sp³-hybridized carbons (Fsp3) is 0.381. The zero-order chi connectivity index (χ0) is 21.8. The zero-order valence-electron chi connectivity index (χ0n) is 17.0. The van der Waals surface area contributed by atoms with Crippen LogP contribution in [0.1, 0.15) is 18.1 Å². The Balaban J connectivity index is 2.06. The molecule has 2 rings (SSSR count). The molecule has 0 heterocycles. The van der Waals surface area contributed by atoms with E-state index in [0.717, 1.165) is 5.56 Å². The van der Waals surface area contributed by atoms with Gasteiger partial charge in [-0.25, -0.2) is 4.99 Å². The molecule has 164 valence electrons. The second kappa shape index (κ2) is 12.5. The lowest BCUT2D eigenvalue weighted by Crippen LogP contribution is -2.36. The number of aliphatic imine (C=N–C) groups is 1. The standard InChI is InChI=1S/C21H27F2N3O4/c1-3-24-21(26-14-16-6-4-5-7-17(16)30-20(22)23)25-13-15-8-9-18(29-11-10-27)19(12-15)28-2/h4-9,12,20,27H,3,10-11,13-14H2,1-2H3,(H2,24,25,26). The number of ether oxygens (including phenoxy) is 3. The number of benzene rings is 2. The van der Waals surface area contributed by atoms with Gasteiger partial charge in [0.05, 0.1) is 20.3 Å². The third kappa shape index (κ3) is 7.40. The number of halogens is 2. The first-order valence-corrected chi connectivity index (χ1v) is 9.52. The molecule has 0 amide bonds. The topological polar surface area (TPSA) is 84.3 Å². The Hall–Kier alpha value is -3.07. The Kier molecular flexibility index (Phi) is 9.66. The third-order valence-corrected chi connectivity index (χ3v) is 3.98. The van der Waals surface area contributed by atoms with Gasteiger partial charge in [-0.2, -0.15) is 8.78 Å². The molecule has 9 heteroatoms. The Bertz CT molecular complexity index is 819. The van der Waals surface area contributed by atoms with Gasteiger partial charge in [0.1, 0.15) is 12.4 Å². The number of hydrogen-bond donors (Lipinski definition) is 3. The van der Waals surface area contributed by atoms with E-state index in [4.69, 9.17) is 14.6 Å². The Morgan fingerprint density at radius 2 is 1.90 bits per heavy atom. The fourth-order valence-corrected chi connectivity index (χ4v) is 2.64. The molecule has 3 N–H and O–H groups in total. The van der Waals surface area contributed by atoms with Crippen LogP contribution in [0.4, 0.5) is 8.78 Å². The van der Waals surface area contributed by atoms with Crippen molar-refractivity contribution in [2.24, 2.45) is 4.99 Å². The third-order valence-electron chi connectivity index (χ3n) is 3.98. The van der Waals surface area contributed by atoms with E-state index in [2.05, 4.69) is 20.4 Å². The Morgan fingerprint density at radius 3 is 2.60 bits per heavy atom. The minimum Gasteiger partial charge on any atom is -0.493 e. The van der Waals surface area contributed by atoms with E-state index in [0.29, 0.717) is 36.1 Å². The lowest BCUT2D eigenvalue weighted by Gasteiger charge is -2.14. The lowest BCUT2D eigenvalue weighted by atomic mass is 10.2. The van der Waals surface area contributed by atoms with Crippen molar-refractivity contribution in [3.8, 4) is 17.2 Å². The van der Waals surface area contributed by atoms with Crippen LogP contribution in [0.2, 0.25) is 0 Å². The van der Waals surface area contributed by atoms with Crippen molar-refractivity contribution in [3.05, 3.63) is 53.6 Å². The average Bonchev–Trinajstić information content (AvgIpc) is 2.75. The largest absolute Gasteiger partial charge is 0.493 e. The fourth-order valence-electron chi connectivity index (χ4n) is 2.64. The number of aliphatic hydroxyl groups is 1. The molecular weight excluding hydrogens is 396 g/mol. The molecule has 0 radical (unpaired) electrons. The van der Waals surface area contributed by atoms with Crippen LogP contribution < -0.4 is 24.8 Å². The van der Waals surface area contributed by atoms with Crippen LogP contribution in [0.25, 0.3) is 0 Å². The summed E-state index contributed by atoms with van der Waals surface area (Å²) in [7, 11) is 1.54. The van der Waals surface area contributed by atoms with Gasteiger partial charge in [-0.05, 0) is 30.7 Å². The molecule has 0 aliphatic heterocycles. The van der Waals surface area contributed by atoms with Crippen LogP contribution in [-0.4, -0.2) is 44.5 Å². The number of hydrogen-bond acceptors (Lipinski definition) is 5. The normalized spacial score (nSPS) is 11.3. The van der Waals surface area contributed by atoms with E-state index >= 15 is 0 Å². The SMILES string of the molecule is CCNC(=NCc1ccc(OCCO)c(OC)c1)NCc1ccccc1OC(F)F. The summed E-state index contributed by atoms with van der Waals surface area (Å²) in [5, 5.41) is 15.1. The Labute approximate surface area is 174 Å². The molecule has 0 unspecified atom stereocenters. The second-order valence-corrected chi connectivity index (χ2v) is 6.09. The quantitative estimate of drug-likeness (QED) is 0.381. The minimum absolute atomic E-state index is 0.0849. The minimum atomic E-state index is -2.88. The van der Waals surface area contributed by atoms with Crippen LogP contribution in [0.5, 0.6) is 17.2 Å². The highest BCUT2D eigenvalue weighted by atomic mass is 19.3. The molecule has 0 saturated heterocycles. The van der Waals surface area contributed by atoms with Crippen molar-refractivity contribution in [3.63, 3.8) is 0 Å². The molecule has 7 nitrogen and oxygen atoms in total. The molecular formula is C21H27F2N3O4. The molecule has 2 aromatic rings. The molecule has 0 spiro atoms. The van der Waals surface area contributed by atoms with E-state index in [1.807, 2.05) is 19.1 Å². The maximum atomic E-state index is 12.6. The number of alkyl halides is 2. The van der Waals surface area contributed by atoms with Crippen molar-refractivity contribution in [2.75, 3.05) is 26.9 Å². The molecule has 0 saturated carbocycles. The van der Waals surface area contributed by atoms with E-state index in [1.165, 1.54) is 6.07 Å². The molecule has 0 fully saturated rings. The van der Waals surface area contributed by atoms with Gasteiger partial charge in [-0.15, -0.1) is 0 Å². The number of nitrogens with zero attached hydrogens (tertiary/aromatic N) is 1. The summed E-state index contributed by atoms with van der Waals surface area (Å²) < 4.78 is 40.5. The predicted molar refractivity (Wildman–Crippen MR) is 110 cm³/mol. The van der Waals surface area contributed by atoms with Crippen LogP contribution in [0, 0.1) is 0 Å². The summed E-state index contributed by atoms with van der Waals surface area (Å²) in [4.78, 5) is 4.53. The first-order chi connectivity index (χ1) is 14.6. The van der Waals surface area contributed by atoms with Crippen molar-refractivity contribution in [2.45, 2.75) is 26.6 Å². The summed E-state index contributed by atoms with van der Waals surface area (Å²) in [6.45, 7) is 0.414. The molecule has 30 heavy (non-hydrogen) atoms. The lowest BCUT2D eigenvalue weighted by molar-refractivity contribution is -0.0504. The van der Waals surface area contributed by atoms with Gasteiger partial charge < -0.3 is 30.0 Å². The van der Waals surface area contributed by atoms with Crippen molar-refractivity contribution in [1.82, 2.24) is 10.6 Å². The smallest absolute Gasteiger partial charge is 0.387 e. The Morgan fingerprint density at radius 1 is 1.10 bits per heavy atom. The summed E-state index contributed by atoms with van der Waals surface area (Å²) in [5.41, 5.74) is 1.48. The second-order valence-electron chi connectivity index (χ2n) is 6.09. The molecule has 0 atom stereocenters. The first-order valence-electron chi connectivity index (χ1n) is 9.52. The van der Waals surface area contributed by atoms with Gasteiger partial charge in [-0.3, -0.25) is 0 Å². The molecule has 0 aliphatic rings. The number of rotatable bonds is 11. The zero-order valence-corrected chi connectivity index (χ0v) is 17.0. The monoisotopic (exact) mass is 423 g/mol. The van der Waals surface area contributed by atoms with Gasteiger partial charge in [0.2, 0.25) is 0 Å². The first kappa shape index (κ1) is 23.2. The summed E-state index contributed by atoms with van der Waals surface area (Å²) >= 11 is 0. The van der Waals surface area contributed by atoms with Gasteiger partial charge in [-0.1, -0.05) is 24.3 Å².